The molecule has 3 heterocycles. The van der Waals surface area contributed by atoms with E-state index in [1.165, 1.54) is 4.88 Å². The third kappa shape index (κ3) is 4.50. The number of hydrogen-bond donors (Lipinski definition) is 2. The van der Waals surface area contributed by atoms with Gasteiger partial charge >= 0.3 is 0 Å². The van der Waals surface area contributed by atoms with Gasteiger partial charge in [-0.15, -0.1) is 22.7 Å². The Labute approximate surface area is 169 Å². The van der Waals surface area contributed by atoms with Gasteiger partial charge in [-0.3, -0.25) is 4.79 Å². The number of carbonyl (C=O) groups is 1. The van der Waals surface area contributed by atoms with E-state index >= 15 is 0 Å². The molecule has 2 N–H and O–H groups in total. The highest BCUT2D eigenvalue weighted by Gasteiger charge is 2.16. The lowest BCUT2D eigenvalue weighted by molar-refractivity contribution is -0.115. The molecule has 1 aromatic carbocycles. The van der Waals surface area contributed by atoms with Gasteiger partial charge in [-0.05, 0) is 35.0 Å². The number of aromatic nitrogens is 2. The van der Waals surface area contributed by atoms with Crippen LogP contribution in [0.5, 0.6) is 0 Å². The molecule has 1 amide bonds. The summed E-state index contributed by atoms with van der Waals surface area (Å²) in [4.78, 5) is 22.6. The van der Waals surface area contributed by atoms with E-state index in [2.05, 4.69) is 33.2 Å². The summed E-state index contributed by atoms with van der Waals surface area (Å²) in [6, 6.07) is 17.8. The molecule has 4 nitrogen and oxygen atoms in total. The number of nitrogens with zero attached hydrogens (tertiary/aromatic N) is 1. The number of rotatable bonds is 7. The summed E-state index contributed by atoms with van der Waals surface area (Å²) in [7, 11) is 0. The van der Waals surface area contributed by atoms with Crippen LogP contribution >= 0.6 is 34.4 Å². The quantitative estimate of drug-likeness (QED) is 0.367. The second-order valence-electron chi connectivity index (χ2n) is 5.73. The lowest BCUT2D eigenvalue weighted by atomic mass is 10.2. The van der Waals surface area contributed by atoms with Gasteiger partial charge in [0.1, 0.15) is 5.69 Å². The van der Waals surface area contributed by atoms with E-state index in [-0.39, 0.29) is 5.91 Å². The van der Waals surface area contributed by atoms with Crippen molar-refractivity contribution in [2.45, 2.75) is 11.6 Å². The SMILES string of the molecule is O=C(CCSc1nc(-c2cccs2)c(-c2cccs2)[nH]1)Nc1ccccc1. The van der Waals surface area contributed by atoms with Gasteiger partial charge in [-0.1, -0.05) is 42.1 Å². The largest absolute Gasteiger partial charge is 0.332 e. The molecule has 4 rings (SSSR count). The first-order valence-corrected chi connectivity index (χ1v) is 11.2. The highest BCUT2D eigenvalue weighted by molar-refractivity contribution is 7.99. The number of para-hydroxylation sites is 1. The number of benzene rings is 1. The Morgan fingerprint density at radius 1 is 1.00 bits per heavy atom. The van der Waals surface area contributed by atoms with Crippen LogP contribution in [0.15, 0.2) is 70.5 Å². The first-order chi connectivity index (χ1) is 13.3. The monoisotopic (exact) mass is 411 g/mol. The normalized spacial score (nSPS) is 10.8. The summed E-state index contributed by atoms with van der Waals surface area (Å²) in [6.45, 7) is 0. The maximum atomic E-state index is 12.1. The van der Waals surface area contributed by atoms with Crippen molar-refractivity contribution in [3.05, 3.63) is 65.4 Å². The number of anilines is 1. The number of H-pyrrole nitrogens is 1. The molecule has 0 radical (unpaired) electrons. The lowest BCUT2D eigenvalue weighted by Gasteiger charge is -2.03. The van der Waals surface area contributed by atoms with Gasteiger partial charge in [0.2, 0.25) is 5.91 Å². The Morgan fingerprint density at radius 3 is 2.44 bits per heavy atom. The molecule has 0 saturated carbocycles. The Hall–Kier alpha value is -2.35. The van der Waals surface area contributed by atoms with Gasteiger partial charge < -0.3 is 10.3 Å². The summed E-state index contributed by atoms with van der Waals surface area (Å²) in [5.74, 6) is 0.678. The topological polar surface area (TPSA) is 57.8 Å². The third-order valence-corrected chi connectivity index (χ3v) is 6.47. The third-order valence-electron chi connectivity index (χ3n) is 3.83. The van der Waals surface area contributed by atoms with Crippen LogP contribution in [-0.4, -0.2) is 21.6 Å². The second-order valence-corrected chi connectivity index (χ2v) is 8.71. The number of carbonyl (C=O) groups excluding carboxylic acids is 1. The minimum absolute atomic E-state index is 0.0113. The van der Waals surface area contributed by atoms with E-state index in [0.29, 0.717) is 12.2 Å². The van der Waals surface area contributed by atoms with E-state index in [0.717, 1.165) is 27.1 Å². The van der Waals surface area contributed by atoms with Crippen LogP contribution in [0, 0.1) is 0 Å². The van der Waals surface area contributed by atoms with Crippen LogP contribution in [0.3, 0.4) is 0 Å². The molecule has 3 aromatic heterocycles. The Kier molecular flexibility index (Phi) is 5.72. The highest BCUT2D eigenvalue weighted by atomic mass is 32.2. The van der Waals surface area contributed by atoms with E-state index in [1.54, 1.807) is 34.4 Å². The molecular formula is C20H17N3OS3. The predicted molar refractivity (Wildman–Crippen MR) is 116 cm³/mol. The number of imidazole rings is 1. The maximum Gasteiger partial charge on any atom is 0.225 e. The minimum atomic E-state index is 0.0113. The van der Waals surface area contributed by atoms with Gasteiger partial charge in [0, 0.05) is 17.9 Å². The summed E-state index contributed by atoms with van der Waals surface area (Å²) in [5.41, 5.74) is 2.85. The molecule has 0 unspecified atom stereocenters. The fourth-order valence-electron chi connectivity index (χ4n) is 2.60. The molecule has 0 saturated heterocycles. The molecule has 0 aliphatic rings. The summed E-state index contributed by atoms with van der Waals surface area (Å²) in [5, 5.41) is 7.88. The van der Waals surface area contributed by atoms with Crippen molar-refractivity contribution < 1.29 is 4.79 Å². The average molecular weight is 412 g/mol. The smallest absolute Gasteiger partial charge is 0.225 e. The zero-order valence-corrected chi connectivity index (χ0v) is 16.8. The first kappa shape index (κ1) is 18.0. The second kappa shape index (κ2) is 8.56. The van der Waals surface area contributed by atoms with Gasteiger partial charge in [0.05, 0.1) is 15.4 Å². The Morgan fingerprint density at radius 2 is 1.74 bits per heavy atom. The van der Waals surface area contributed by atoms with Crippen molar-refractivity contribution in [2.75, 3.05) is 11.1 Å². The Bertz CT molecular complexity index is 941. The van der Waals surface area contributed by atoms with Gasteiger partial charge in [-0.2, -0.15) is 0 Å². The van der Waals surface area contributed by atoms with Crippen LogP contribution in [0.4, 0.5) is 5.69 Å². The van der Waals surface area contributed by atoms with E-state index in [9.17, 15) is 4.79 Å². The van der Waals surface area contributed by atoms with Crippen molar-refractivity contribution in [1.82, 2.24) is 9.97 Å². The van der Waals surface area contributed by atoms with Crippen molar-refractivity contribution in [2.24, 2.45) is 0 Å². The fourth-order valence-corrected chi connectivity index (χ4v) is 4.85. The number of amides is 1. The zero-order chi connectivity index (χ0) is 18.5. The van der Waals surface area contributed by atoms with Crippen LogP contribution in [0.25, 0.3) is 21.1 Å². The zero-order valence-electron chi connectivity index (χ0n) is 14.3. The van der Waals surface area contributed by atoms with Crippen molar-refractivity contribution in [3.63, 3.8) is 0 Å². The Balaban J connectivity index is 1.42. The van der Waals surface area contributed by atoms with Crippen molar-refractivity contribution in [3.8, 4) is 21.1 Å². The molecule has 27 heavy (non-hydrogen) atoms. The standard InChI is InChI=1S/C20H17N3OS3/c24-17(21-14-6-2-1-3-7-14)10-13-27-20-22-18(15-8-4-11-25-15)19(23-20)16-9-5-12-26-16/h1-9,11-12H,10,13H2,(H,21,24)(H,22,23). The number of aromatic amines is 1. The fraction of sp³-hybridized carbons (Fsp3) is 0.100. The lowest BCUT2D eigenvalue weighted by Crippen LogP contribution is -2.11. The molecule has 0 atom stereocenters. The number of thioether (sulfide) groups is 1. The minimum Gasteiger partial charge on any atom is -0.332 e. The molecule has 0 fully saturated rings. The summed E-state index contributed by atoms with van der Waals surface area (Å²) in [6.07, 6.45) is 0.433. The molecule has 0 bridgehead atoms. The highest BCUT2D eigenvalue weighted by Crippen LogP contribution is 2.36. The molecule has 0 aliphatic heterocycles. The molecule has 136 valence electrons. The number of thiophene rings is 2. The van der Waals surface area contributed by atoms with E-state index in [1.807, 2.05) is 42.5 Å². The van der Waals surface area contributed by atoms with Crippen LogP contribution in [0.1, 0.15) is 6.42 Å². The van der Waals surface area contributed by atoms with Crippen LogP contribution < -0.4 is 5.32 Å². The molecule has 0 aliphatic carbocycles. The van der Waals surface area contributed by atoms with Gasteiger partial charge in [0.15, 0.2) is 5.16 Å². The summed E-state index contributed by atoms with van der Waals surface area (Å²) >= 11 is 4.94. The van der Waals surface area contributed by atoms with Gasteiger partial charge in [0.25, 0.3) is 0 Å². The predicted octanol–water partition coefficient (Wildman–Crippen LogP) is 5.99. The molecule has 4 aromatic rings. The molecule has 0 spiro atoms. The van der Waals surface area contributed by atoms with Gasteiger partial charge in [-0.25, -0.2) is 4.98 Å². The average Bonchev–Trinajstić information content (AvgIpc) is 3.43. The van der Waals surface area contributed by atoms with Crippen molar-refractivity contribution in [1.29, 1.82) is 0 Å². The maximum absolute atomic E-state index is 12.1. The summed E-state index contributed by atoms with van der Waals surface area (Å²) < 4.78 is 0. The molecular weight excluding hydrogens is 394 g/mol. The van der Waals surface area contributed by atoms with Crippen LogP contribution in [0.2, 0.25) is 0 Å². The van der Waals surface area contributed by atoms with E-state index in [4.69, 9.17) is 4.98 Å². The van der Waals surface area contributed by atoms with E-state index < -0.39 is 0 Å². The molecule has 7 heteroatoms. The first-order valence-electron chi connectivity index (χ1n) is 8.45. The number of nitrogens with one attached hydrogen (secondary N) is 2. The van der Waals surface area contributed by atoms with Crippen molar-refractivity contribution >= 4 is 46.0 Å². The number of hydrogen-bond acceptors (Lipinski definition) is 5. The van der Waals surface area contributed by atoms with Crippen LogP contribution in [-0.2, 0) is 4.79 Å².